The van der Waals surface area contributed by atoms with Crippen molar-refractivity contribution in [2.24, 2.45) is 0 Å². The van der Waals surface area contributed by atoms with Crippen molar-refractivity contribution >= 4 is 17.3 Å². The van der Waals surface area contributed by atoms with E-state index >= 15 is 0 Å². The van der Waals surface area contributed by atoms with Crippen LogP contribution < -0.4 is 10.2 Å². The molecule has 1 aromatic heterocycles. The highest BCUT2D eigenvalue weighted by atomic mass is 19.1. The predicted octanol–water partition coefficient (Wildman–Crippen LogP) is 4.85. The van der Waals surface area contributed by atoms with E-state index in [0.29, 0.717) is 30.8 Å². The van der Waals surface area contributed by atoms with Crippen LogP contribution in [0.2, 0.25) is 0 Å². The average molecular weight is 377 g/mol. The fourth-order valence-electron chi connectivity index (χ4n) is 3.08. The van der Waals surface area contributed by atoms with Gasteiger partial charge in [-0.25, -0.2) is 4.39 Å². The van der Waals surface area contributed by atoms with Gasteiger partial charge in [-0.3, -0.25) is 9.78 Å². The fraction of sp³-hybridized carbons (Fsp3) is 0.217. The number of halogens is 1. The van der Waals surface area contributed by atoms with Gasteiger partial charge >= 0.3 is 0 Å². The van der Waals surface area contributed by atoms with Crippen molar-refractivity contribution in [2.45, 2.75) is 20.3 Å². The lowest BCUT2D eigenvalue weighted by Gasteiger charge is -2.21. The molecule has 3 rings (SSSR count). The van der Waals surface area contributed by atoms with Gasteiger partial charge < -0.3 is 10.2 Å². The molecule has 0 aliphatic heterocycles. The Balaban J connectivity index is 1.69. The molecule has 1 amide bonds. The largest absolute Gasteiger partial charge is 0.385 e. The van der Waals surface area contributed by atoms with Crippen LogP contribution >= 0.6 is 0 Å². The van der Waals surface area contributed by atoms with Crippen molar-refractivity contribution in [3.05, 3.63) is 89.5 Å². The summed E-state index contributed by atoms with van der Waals surface area (Å²) in [7, 11) is 0. The molecule has 144 valence electrons. The van der Waals surface area contributed by atoms with Crippen molar-refractivity contribution in [1.29, 1.82) is 0 Å². The van der Waals surface area contributed by atoms with Crippen molar-refractivity contribution in [3.8, 4) is 0 Å². The summed E-state index contributed by atoms with van der Waals surface area (Å²) in [4.78, 5) is 18.9. The molecule has 5 heteroatoms. The molecule has 0 spiro atoms. The second-order valence-electron chi connectivity index (χ2n) is 6.59. The van der Waals surface area contributed by atoms with Gasteiger partial charge in [-0.1, -0.05) is 30.3 Å². The molecule has 28 heavy (non-hydrogen) atoms. The number of nitrogens with one attached hydrogen (secondary N) is 1. The number of benzene rings is 2. The van der Waals surface area contributed by atoms with Crippen molar-refractivity contribution in [1.82, 2.24) is 4.98 Å². The van der Waals surface area contributed by atoms with Gasteiger partial charge in [0.1, 0.15) is 11.5 Å². The number of carbonyl (C=O) groups is 1. The zero-order valence-corrected chi connectivity index (χ0v) is 16.2. The van der Waals surface area contributed by atoms with E-state index in [1.54, 1.807) is 35.4 Å². The van der Waals surface area contributed by atoms with Crippen LogP contribution in [0.5, 0.6) is 0 Å². The zero-order valence-electron chi connectivity index (χ0n) is 16.2. The van der Waals surface area contributed by atoms with Crippen LogP contribution in [0.1, 0.15) is 28.5 Å². The molecular formula is C23H24FN3O. The van der Waals surface area contributed by atoms with Crippen LogP contribution in [0, 0.1) is 12.7 Å². The van der Waals surface area contributed by atoms with Gasteiger partial charge in [0.2, 0.25) is 0 Å². The number of aromatic nitrogens is 1. The summed E-state index contributed by atoms with van der Waals surface area (Å²) >= 11 is 0. The standard InChI is InChI=1S/C23H24FN3O/c1-3-27(20-9-6-7-17(2)15-20)23(28)22-16-19(12-14-26-22)25-13-11-18-8-4-5-10-21(18)24/h4-10,12,14-16H,3,11,13H2,1-2H3,(H,25,26). The van der Waals surface area contributed by atoms with Gasteiger partial charge in [0.15, 0.2) is 0 Å². The van der Waals surface area contributed by atoms with E-state index in [-0.39, 0.29) is 11.7 Å². The molecule has 2 aromatic carbocycles. The first-order valence-corrected chi connectivity index (χ1v) is 9.40. The normalized spacial score (nSPS) is 10.5. The highest BCUT2D eigenvalue weighted by Crippen LogP contribution is 2.19. The first-order chi connectivity index (χ1) is 13.6. The number of hydrogen-bond donors (Lipinski definition) is 1. The van der Waals surface area contributed by atoms with E-state index in [1.165, 1.54) is 6.07 Å². The molecule has 1 N–H and O–H groups in total. The molecule has 0 aliphatic carbocycles. The Kier molecular flexibility index (Phi) is 6.37. The molecule has 0 radical (unpaired) electrons. The van der Waals surface area contributed by atoms with Gasteiger partial charge in [-0.05, 0) is 61.7 Å². The molecule has 3 aromatic rings. The molecule has 4 nitrogen and oxygen atoms in total. The molecule has 0 bridgehead atoms. The lowest BCUT2D eigenvalue weighted by molar-refractivity contribution is 0.0983. The zero-order chi connectivity index (χ0) is 19.9. The number of nitrogens with zero attached hydrogens (tertiary/aromatic N) is 2. The Morgan fingerprint density at radius 1 is 1.11 bits per heavy atom. The van der Waals surface area contributed by atoms with Crippen molar-refractivity contribution in [3.63, 3.8) is 0 Å². The fourth-order valence-corrected chi connectivity index (χ4v) is 3.08. The molecule has 0 atom stereocenters. The number of anilines is 2. The molecule has 0 aliphatic rings. The summed E-state index contributed by atoms with van der Waals surface area (Å²) in [5.74, 6) is -0.350. The lowest BCUT2D eigenvalue weighted by atomic mass is 10.1. The van der Waals surface area contributed by atoms with Crippen molar-refractivity contribution < 1.29 is 9.18 Å². The maximum atomic E-state index is 13.7. The predicted molar refractivity (Wildman–Crippen MR) is 111 cm³/mol. The summed E-state index contributed by atoms with van der Waals surface area (Å²) in [6.07, 6.45) is 2.17. The minimum Gasteiger partial charge on any atom is -0.385 e. The van der Waals surface area contributed by atoms with Crippen LogP contribution in [0.3, 0.4) is 0 Å². The molecule has 0 saturated heterocycles. The SMILES string of the molecule is CCN(C(=O)c1cc(NCCc2ccccc2F)ccn1)c1cccc(C)c1. The average Bonchev–Trinajstić information content (AvgIpc) is 2.70. The van der Waals surface area contributed by atoms with Gasteiger partial charge in [-0.15, -0.1) is 0 Å². The van der Waals surface area contributed by atoms with E-state index < -0.39 is 0 Å². The van der Waals surface area contributed by atoms with Gasteiger partial charge in [-0.2, -0.15) is 0 Å². The molecule has 0 fully saturated rings. The second kappa shape index (κ2) is 9.13. The highest BCUT2D eigenvalue weighted by Gasteiger charge is 2.17. The highest BCUT2D eigenvalue weighted by molar-refractivity contribution is 6.05. The van der Waals surface area contributed by atoms with Gasteiger partial charge in [0, 0.05) is 30.7 Å². The second-order valence-corrected chi connectivity index (χ2v) is 6.59. The minimum atomic E-state index is -0.202. The Bertz CT molecular complexity index is 958. The number of carbonyl (C=O) groups excluding carboxylic acids is 1. The van der Waals surface area contributed by atoms with E-state index in [2.05, 4.69) is 10.3 Å². The Hall–Kier alpha value is -3.21. The summed E-state index contributed by atoms with van der Waals surface area (Å²) in [5, 5.41) is 3.24. The number of rotatable bonds is 7. The number of aryl methyl sites for hydroxylation is 1. The van der Waals surface area contributed by atoms with Gasteiger partial charge in [0.25, 0.3) is 5.91 Å². The van der Waals surface area contributed by atoms with Crippen LogP contribution in [-0.4, -0.2) is 24.0 Å². The number of amides is 1. The first-order valence-electron chi connectivity index (χ1n) is 9.40. The van der Waals surface area contributed by atoms with E-state index in [1.807, 2.05) is 44.2 Å². The summed E-state index contributed by atoms with van der Waals surface area (Å²) in [6, 6.07) is 18.1. The van der Waals surface area contributed by atoms with Crippen LogP contribution in [-0.2, 0) is 6.42 Å². The topological polar surface area (TPSA) is 45.2 Å². The van der Waals surface area contributed by atoms with Crippen LogP contribution in [0.25, 0.3) is 0 Å². The van der Waals surface area contributed by atoms with Crippen LogP contribution in [0.15, 0.2) is 66.9 Å². The van der Waals surface area contributed by atoms with E-state index in [9.17, 15) is 9.18 Å². The molecular weight excluding hydrogens is 353 g/mol. The smallest absolute Gasteiger partial charge is 0.276 e. The van der Waals surface area contributed by atoms with Crippen LogP contribution in [0.4, 0.5) is 15.8 Å². The summed E-state index contributed by atoms with van der Waals surface area (Å²) < 4.78 is 13.7. The Labute approximate surface area is 165 Å². The van der Waals surface area contributed by atoms with E-state index in [0.717, 1.165) is 16.9 Å². The third-order valence-corrected chi connectivity index (χ3v) is 4.54. The molecule has 0 saturated carbocycles. The maximum Gasteiger partial charge on any atom is 0.276 e. The number of hydrogen-bond acceptors (Lipinski definition) is 3. The van der Waals surface area contributed by atoms with Gasteiger partial charge in [0.05, 0.1) is 0 Å². The molecule has 0 unspecified atom stereocenters. The summed E-state index contributed by atoms with van der Waals surface area (Å²) in [5.41, 5.74) is 3.78. The molecule has 1 heterocycles. The lowest BCUT2D eigenvalue weighted by Crippen LogP contribution is -2.31. The number of pyridine rings is 1. The summed E-state index contributed by atoms with van der Waals surface area (Å²) in [6.45, 7) is 5.06. The van der Waals surface area contributed by atoms with E-state index in [4.69, 9.17) is 0 Å². The first kappa shape index (κ1) is 19.5. The van der Waals surface area contributed by atoms with Crippen molar-refractivity contribution in [2.75, 3.05) is 23.3 Å². The Morgan fingerprint density at radius 3 is 2.68 bits per heavy atom. The minimum absolute atomic E-state index is 0.147. The maximum absolute atomic E-state index is 13.7. The third kappa shape index (κ3) is 4.74. The quantitative estimate of drug-likeness (QED) is 0.640. The third-order valence-electron chi connectivity index (χ3n) is 4.54. The monoisotopic (exact) mass is 377 g/mol. The Morgan fingerprint density at radius 2 is 1.93 bits per heavy atom.